The van der Waals surface area contributed by atoms with Gasteiger partial charge in [-0.2, -0.15) is 0 Å². The molecule has 1 heterocycles. The lowest BCUT2D eigenvalue weighted by Crippen LogP contribution is -2.40. The number of hydrogen-bond donors (Lipinski definition) is 2. The van der Waals surface area contributed by atoms with Gasteiger partial charge in [-0.25, -0.2) is 13.1 Å². The number of benzene rings is 2. The van der Waals surface area contributed by atoms with E-state index in [1.165, 1.54) is 12.1 Å². The minimum atomic E-state index is -3.90. The monoisotopic (exact) mass is 494 g/mol. The van der Waals surface area contributed by atoms with Crippen molar-refractivity contribution in [3.05, 3.63) is 68.8 Å². The summed E-state index contributed by atoms with van der Waals surface area (Å²) >= 11 is 11.8. The molecule has 3 aromatic rings. The van der Waals surface area contributed by atoms with Crippen molar-refractivity contribution < 1.29 is 13.3 Å². The van der Waals surface area contributed by atoms with E-state index < -0.39 is 20.6 Å². The van der Waals surface area contributed by atoms with Gasteiger partial charge < -0.3 is 5.32 Å². The average molecular weight is 495 g/mol. The Hall–Kier alpha value is -2.46. The lowest BCUT2D eigenvalue weighted by atomic mass is 9.91. The average Bonchev–Trinajstić information content (AvgIpc) is 2.75. The van der Waals surface area contributed by atoms with Crippen molar-refractivity contribution in [1.82, 2.24) is 9.71 Å². The molecule has 1 aliphatic carbocycles. The number of pyridine rings is 1. The zero-order valence-corrected chi connectivity index (χ0v) is 19.1. The number of halogens is 2. The molecule has 1 aromatic heterocycles. The maximum atomic E-state index is 12.7. The number of hydrogen-bond acceptors (Lipinski definition) is 6. The van der Waals surface area contributed by atoms with Gasteiger partial charge in [0.25, 0.3) is 5.69 Å². The number of nitro groups is 1. The number of rotatable bonds is 6. The molecule has 1 saturated carbocycles. The van der Waals surface area contributed by atoms with Gasteiger partial charge in [0, 0.05) is 40.4 Å². The Morgan fingerprint density at radius 1 is 1.00 bits per heavy atom. The Balaban J connectivity index is 1.40. The van der Waals surface area contributed by atoms with Crippen molar-refractivity contribution in [2.45, 2.75) is 42.7 Å². The highest BCUT2D eigenvalue weighted by atomic mass is 35.5. The molecule has 168 valence electrons. The van der Waals surface area contributed by atoms with Gasteiger partial charge in [0.2, 0.25) is 10.0 Å². The predicted octanol–water partition coefficient (Wildman–Crippen LogP) is 5.15. The van der Waals surface area contributed by atoms with E-state index in [4.69, 9.17) is 23.2 Å². The van der Waals surface area contributed by atoms with Crippen molar-refractivity contribution in [3.63, 3.8) is 0 Å². The number of aromatic nitrogens is 1. The number of nitrogens with zero attached hydrogens (tertiary/aromatic N) is 2. The van der Waals surface area contributed by atoms with Crippen LogP contribution in [0.2, 0.25) is 10.0 Å². The van der Waals surface area contributed by atoms with Gasteiger partial charge in [-0.15, -0.1) is 0 Å². The largest absolute Gasteiger partial charge is 0.382 e. The van der Waals surface area contributed by atoms with E-state index in [2.05, 4.69) is 15.0 Å². The molecule has 0 bridgehead atoms. The molecular weight excluding hydrogens is 475 g/mol. The quantitative estimate of drug-likeness (QED) is 0.361. The number of sulfonamides is 1. The summed E-state index contributed by atoms with van der Waals surface area (Å²) in [5, 5.41) is 16.1. The van der Waals surface area contributed by atoms with Crippen molar-refractivity contribution in [2.24, 2.45) is 0 Å². The molecule has 4 rings (SSSR count). The first-order chi connectivity index (χ1) is 15.2. The fraction of sp³-hybridized carbons (Fsp3) is 0.286. The van der Waals surface area contributed by atoms with E-state index in [1.54, 1.807) is 6.20 Å². The summed E-state index contributed by atoms with van der Waals surface area (Å²) < 4.78 is 28.1. The molecule has 0 unspecified atom stereocenters. The second-order valence-corrected chi connectivity index (χ2v) is 10.3. The normalized spacial score (nSPS) is 19.1. The van der Waals surface area contributed by atoms with Crippen molar-refractivity contribution in [1.29, 1.82) is 0 Å². The Bertz CT molecular complexity index is 1280. The summed E-state index contributed by atoms with van der Waals surface area (Å²) in [6.45, 7) is 0. The lowest BCUT2D eigenvalue weighted by Gasteiger charge is -2.30. The third-order valence-corrected chi connectivity index (χ3v) is 7.61. The van der Waals surface area contributed by atoms with E-state index in [-0.39, 0.29) is 22.0 Å². The highest BCUT2D eigenvalue weighted by Gasteiger charge is 2.27. The lowest BCUT2D eigenvalue weighted by molar-refractivity contribution is -0.384. The molecule has 2 N–H and O–H groups in total. The molecule has 11 heteroatoms. The molecule has 0 aliphatic heterocycles. The predicted molar refractivity (Wildman–Crippen MR) is 125 cm³/mol. The van der Waals surface area contributed by atoms with Crippen LogP contribution in [0.1, 0.15) is 25.7 Å². The van der Waals surface area contributed by atoms with Crippen LogP contribution in [0.15, 0.2) is 53.6 Å². The first-order valence-corrected chi connectivity index (χ1v) is 12.2. The van der Waals surface area contributed by atoms with Gasteiger partial charge in [-0.05, 0) is 62.1 Å². The number of nitro benzene ring substituents is 1. The maximum Gasteiger partial charge on any atom is 0.289 e. The number of anilines is 1. The van der Waals surface area contributed by atoms with Crippen LogP contribution in [0.3, 0.4) is 0 Å². The Morgan fingerprint density at radius 2 is 1.72 bits per heavy atom. The fourth-order valence-electron chi connectivity index (χ4n) is 3.91. The van der Waals surface area contributed by atoms with E-state index in [9.17, 15) is 18.5 Å². The second-order valence-electron chi connectivity index (χ2n) is 7.70. The zero-order chi connectivity index (χ0) is 22.9. The third-order valence-electron chi connectivity index (χ3n) is 5.54. The smallest absolute Gasteiger partial charge is 0.289 e. The molecule has 0 spiro atoms. The number of fused-ring (bicyclic) bond motifs is 1. The van der Waals surface area contributed by atoms with Crippen LogP contribution in [0, 0.1) is 10.1 Å². The summed E-state index contributed by atoms with van der Waals surface area (Å²) in [7, 11) is -3.90. The van der Waals surface area contributed by atoms with Gasteiger partial charge in [0.1, 0.15) is 5.02 Å². The number of nitrogens with one attached hydrogen (secondary N) is 2. The van der Waals surface area contributed by atoms with E-state index in [0.717, 1.165) is 35.5 Å². The molecule has 8 nitrogen and oxygen atoms in total. The summed E-state index contributed by atoms with van der Waals surface area (Å²) in [6, 6.07) is 10.9. The highest BCUT2D eigenvalue weighted by molar-refractivity contribution is 7.89. The van der Waals surface area contributed by atoms with Crippen LogP contribution in [-0.4, -0.2) is 30.4 Å². The van der Waals surface area contributed by atoms with Crippen LogP contribution in [0.25, 0.3) is 10.9 Å². The highest BCUT2D eigenvalue weighted by Crippen LogP contribution is 2.30. The minimum Gasteiger partial charge on any atom is -0.382 e. The molecule has 0 atom stereocenters. The maximum absolute atomic E-state index is 12.7. The summed E-state index contributed by atoms with van der Waals surface area (Å²) in [6.07, 6.45) is 4.55. The fourth-order valence-corrected chi connectivity index (χ4v) is 5.59. The Labute approximate surface area is 195 Å². The molecule has 1 aliphatic rings. The SMILES string of the molecule is O=[N+]([O-])c1cc(S(=O)(=O)NC2CCC(Nc3ccnc4cc(Cl)ccc34)CC2)ccc1Cl. The summed E-state index contributed by atoms with van der Waals surface area (Å²) in [4.78, 5) is 14.5. The first-order valence-electron chi connectivity index (χ1n) is 10.00. The van der Waals surface area contributed by atoms with Gasteiger partial charge in [0.05, 0.1) is 15.3 Å². The Morgan fingerprint density at radius 3 is 2.44 bits per heavy atom. The van der Waals surface area contributed by atoms with Gasteiger partial charge >= 0.3 is 0 Å². The summed E-state index contributed by atoms with van der Waals surface area (Å²) in [5.74, 6) is 0. The van der Waals surface area contributed by atoms with Crippen LogP contribution in [0.5, 0.6) is 0 Å². The second kappa shape index (κ2) is 9.19. The standard InChI is InChI=1S/C21H20Cl2N4O4S/c22-13-1-7-17-19(9-10-24-20(17)11-13)25-14-2-4-15(5-3-14)26-32(30,31)16-6-8-18(23)21(12-16)27(28)29/h1,6-12,14-15,26H,2-5H2,(H,24,25). The zero-order valence-electron chi connectivity index (χ0n) is 16.8. The van der Waals surface area contributed by atoms with E-state index in [0.29, 0.717) is 17.9 Å². The molecule has 0 amide bonds. The van der Waals surface area contributed by atoms with Crippen molar-refractivity contribution in [2.75, 3.05) is 5.32 Å². The van der Waals surface area contributed by atoms with Crippen molar-refractivity contribution in [3.8, 4) is 0 Å². The molecule has 2 aromatic carbocycles. The molecule has 1 fully saturated rings. The van der Waals surface area contributed by atoms with Crippen molar-refractivity contribution >= 4 is 55.5 Å². The third kappa shape index (κ3) is 4.96. The van der Waals surface area contributed by atoms with Gasteiger partial charge in [-0.3, -0.25) is 15.1 Å². The first kappa shape index (κ1) is 22.7. The molecule has 32 heavy (non-hydrogen) atoms. The molecule has 0 radical (unpaired) electrons. The van der Waals surface area contributed by atoms with Crippen LogP contribution < -0.4 is 10.0 Å². The van der Waals surface area contributed by atoms with Crippen LogP contribution >= 0.6 is 23.2 Å². The van der Waals surface area contributed by atoms with E-state index in [1.807, 2.05) is 24.3 Å². The Kier molecular flexibility index (Phi) is 6.52. The topological polar surface area (TPSA) is 114 Å². The minimum absolute atomic E-state index is 0.105. The molecule has 0 saturated heterocycles. The molecular formula is C21H20Cl2N4O4S. The summed E-state index contributed by atoms with van der Waals surface area (Å²) in [5.41, 5.74) is 1.33. The van der Waals surface area contributed by atoms with E-state index >= 15 is 0 Å². The van der Waals surface area contributed by atoms with Gasteiger partial charge in [0.15, 0.2) is 0 Å². The van der Waals surface area contributed by atoms with Crippen LogP contribution in [0.4, 0.5) is 11.4 Å². The van der Waals surface area contributed by atoms with Gasteiger partial charge in [-0.1, -0.05) is 23.2 Å². The van der Waals surface area contributed by atoms with Crippen LogP contribution in [-0.2, 0) is 10.0 Å².